The van der Waals surface area contributed by atoms with E-state index in [1.165, 1.54) is 0 Å². The maximum absolute atomic E-state index is 12.5. The van der Waals surface area contributed by atoms with Crippen LogP contribution in [0.1, 0.15) is 72.1 Å². The van der Waals surface area contributed by atoms with Crippen molar-refractivity contribution in [3.05, 3.63) is 0 Å². The Kier molecular flexibility index (Phi) is 10.7. The molecule has 10 nitrogen and oxygen atoms in total. The van der Waals surface area contributed by atoms with Gasteiger partial charge in [0.1, 0.15) is 0 Å². The van der Waals surface area contributed by atoms with Gasteiger partial charge in [-0.25, -0.2) is 8.42 Å². The second-order valence-corrected chi connectivity index (χ2v) is 14.8. The molecule has 39 heavy (non-hydrogen) atoms. The maximum atomic E-state index is 12.5. The molecule has 13 atom stereocenters. The Morgan fingerprint density at radius 3 is 2.28 bits per heavy atom. The Hall–Kier alpha value is 0.180. The first-order valence-electron chi connectivity index (χ1n) is 14.2. The molecule has 0 saturated heterocycles. The maximum Gasteiger partial charge on any atom is 1.00 e. The molecule has 12 heteroatoms. The molecule has 4 aliphatic rings. The minimum Gasteiger partial charge on any atom is -0.748 e. The van der Waals surface area contributed by atoms with Gasteiger partial charge < -0.3 is 35.4 Å². The fraction of sp³-hybridized carbons (Fsp3) is 0.963. The number of amides is 1. The minimum absolute atomic E-state index is 0. The molecule has 0 bridgehead atoms. The van der Waals surface area contributed by atoms with Gasteiger partial charge in [0.25, 0.3) is 0 Å². The van der Waals surface area contributed by atoms with Gasteiger partial charge in [0.15, 0.2) is 0 Å². The zero-order valence-corrected chi connectivity index (χ0v) is 26.5. The number of aliphatic hydroxyl groups is 5. The van der Waals surface area contributed by atoms with Crippen molar-refractivity contribution >= 4 is 16.0 Å². The van der Waals surface area contributed by atoms with E-state index in [0.29, 0.717) is 25.2 Å². The first-order chi connectivity index (χ1) is 17.6. The third kappa shape index (κ3) is 6.43. The summed E-state index contributed by atoms with van der Waals surface area (Å²) in [7, 11) is -4.60. The molecule has 0 aromatic heterocycles. The summed E-state index contributed by atoms with van der Waals surface area (Å²) in [5, 5.41) is 55.9. The number of carbonyl (C=O) groups excluding carboxylic acids is 1. The normalized spacial score (nSPS) is 45.2. The van der Waals surface area contributed by atoms with Crippen molar-refractivity contribution in [2.75, 3.05) is 12.4 Å². The van der Waals surface area contributed by atoms with Crippen LogP contribution < -0.4 is 34.9 Å². The molecule has 6 N–H and O–H groups in total. The van der Waals surface area contributed by atoms with Crippen LogP contribution in [0.2, 0.25) is 0 Å². The van der Waals surface area contributed by atoms with Gasteiger partial charge >= 0.3 is 29.6 Å². The van der Waals surface area contributed by atoms with Crippen LogP contribution in [0.25, 0.3) is 0 Å². The van der Waals surface area contributed by atoms with Gasteiger partial charge in [-0.3, -0.25) is 4.79 Å². The van der Waals surface area contributed by atoms with Crippen LogP contribution in [0.3, 0.4) is 0 Å². The molecular weight excluding hydrogens is 537 g/mol. The van der Waals surface area contributed by atoms with Gasteiger partial charge in [0.05, 0.1) is 52.9 Å². The van der Waals surface area contributed by atoms with Gasteiger partial charge in [-0.15, -0.1) is 0 Å². The van der Waals surface area contributed by atoms with E-state index >= 15 is 0 Å². The van der Waals surface area contributed by atoms with Crippen molar-refractivity contribution in [2.24, 2.45) is 46.3 Å². The molecule has 0 spiro atoms. The quantitative estimate of drug-likeness (QED) is 0.131. The van der Waals surface area contributed by atoms with Gasteiger partial charge in [0.2, 0.25) is 5.91 Å². The Morgan fingerprint density at radius 2 is 1.67 bits per heavy atom. The van der Waals surface area contributed by atoms with Crippen molar-refractivity contribution in [1.29, 1.82) is 0 Å². The summed E-state index contributed by atoms with van der Waals surface area (Å²) in [5.74, 6) is -1.54. The fourth-order valence-electron chi connectivity index (χ4n) is 9.62. The molecule has 4 aliphatic carbocycles. The largest absolute Gasteiger partial charge is 1.00 e. The smallest absolute Gasteiger partial charge is 0.748 e. The third-order valence-corrected chi connectivity index (χ3v) is 12.0. The topological polar surface area (TPSA) is 187 Å². The molecule has 4 fully saturated rings. The Labute approximate surface area is 254 Å². The van der Waals surface area contributed by atoms with E-state index in [2.05, 4.69) is 19.2 Å². The zero-order chi connectivity index (χ0) is 28.2. The van der Waals surface area contributed by atoms with Crippen molar-refractivity contribution in [1.82, 2.24) is 5.32 Å². The van der Waals surface area contributed by atoms with Crippen LogP contribution in [0.15, 0.2) is 0 Å². The first-order valence-corrected chi connectivity index (χ1v) is 15.8. The SMILES string of the molecule is C[C@H](CCC(=O)N[C@@H](CO)CS(=O)(=O)[O-])[C@H]1[C@@H](O)[C@H](O)C2C3C[C@H](O)[C@H]4C[C@@H](O)CC[C@]4(C)C3CC[C@@]21C.[Na+]. The van der Waals surface area contributed by atoms with E-state index in [0.717, 1.165) is 25.7 Å². The summed E-state index contributed by atoms with van der Waals surface area (Å²) in [5.41, 5.74) is -0.493. The molecule has 0 radical (unpaired) electrons. The van der Waals surface area contributed by atoms with E-state index in [1.807, 2.05) is 6.92 Å². The summed E-state index contributed by atoms with van der Waals surface area (Å²) in [6.45, 7) is 5.65. The third-order valence-electron chi connectivity index (χ3n) is 11.2. The Bertz CT molecular complexity index is 984. The molecule has 3 unspecified atom stereocenters. The fourth-order valence-corrected chi connectivity index (χ4v) is 10.3. The number of aliphatic hydroxyl groups excluding tert-OH is 5. The second-order valence-electron chi connectivity index (χ2n) is 13.4. The summed E-state index contributed by atoms with van der Waals surface area (Å²) in [4.78, 5) is 12.5. The Balaban J connectivity index is 0.00000420. The van der Waals surface area contributed by atoms with Gasteiger partial charge in [-0.1, -0.05) is 20.8 Å². The second kappa shape index (κ2) is 12.4. The van der Waals surface area contributed by atoms with Crippen molar-refractivity contribution in [3.63, 3.8) is 0 Å². The van der Waals surface area contributed by atoms with Crippen LogP contribution in [0, 0.1) is 46.3 Å². The van der Waals surface area contributed by atoms with Crippen molar-refractivity contribution in [2.45, 2.75) is 103 Å². The van der Waals surface area contributed by atoms with Crippen LogP contribution in [0.5, 0.6) is 0 Å². The van der Waals surface area contributed by atoms with E-state index in [-0.39, 0.29) is 82.5 Å². The Morgan fingerprint density at radius 1 is 1.03 bits per heavy atom. The number of hydrogen-bond donors (Lipinski definition) is 6. The van der Waals surface area contributed by atoms with Gasteiger partial charge in [-0.05, 0) is 91.3 Å². The average Bonchev–Trinajstić information content (AvgIpc) is 3.02. The minimum atomic E-state index is -4.60. The molecule has 0 aromatic rings. The molecule has 0 aliphatic heterocycles. The van der Waals surface area contributed by atoms with E-state index < -0.39 is 52.7 Å². The van der Waals surface area contributed by atoms with Gasteiger partial charge in [-0.2, -0.15) is 0 Å². The van der Waals surface area contributed by atoms with E-state index in [4.69, 9.17) is 0 Å². The molecule has 0 heterocycles. The number of hydrogen-bond acceptors (Lipinski definition) is 9. The van der Waals surface area contributed by atoms with Crippen LogP contribution >= 0.6 is 0 Å². The summed E-state index contributed by atoms with van der Waals surface area (Å²) in [6.07, 6.45) is 2.05. The van der Waals surface area contributed by atoms with E-state index in [1.54, 1.807) is 0 Å². The predicted octanol–water partition coefficient (Wildman–Crippen LogP) is -2.64. The van der Waals surface area contributed by atoms with Gasteiger partial charge in [0, 0.05) is 6.42 Å². The summed E-state index contributed by atoms with van der Waals surface area (Å²) >= 11 is 0. The molecule has 4 rings (SSSR count). The average molecular weight is 584 g/mol. The number of carbonyl (C=O) groups is 1. The van der Waals surface area contributed by atoms with Crippen LogP contribution in [-0.2, 0) is 14.9 Å². The zero-order valence-electron chi connectivity index (χ0n) is 23.7. The molecule has 4 saturated carbocycles. The monoisotopic (exact) mass is 583 g/mol. The van der Waals surface area contributed by atoms with Crippen LogP contribution in [0.4, 0.5) is 0 Å². The summed E-state index contributed by atoms with van der Waals surface area (Å²) in [6, 6.07) is -1.17. The number of rotatable bonds is 8. The summed E-state index contributed by atoms with van der Waals surface area (Å²) < 4.78 is 33.0. The van der Waals surface area contributed by atoms with Crippen LogP contribution in [-0.4, -0.2) is 87.2 Å². The predicted molar refractivity (Wildman–Crippen MR) is 137 cm³/mol. The standard InChI is InChI=1S/C27H47NO9S.Na/c1-14(4-5-21(32)28-15(12-29)13-38(35,36)37)22-24(33)25(34)23-17-11-20(31)19-10-16(30)6-8-26(19,2)18(17)7-9-27(22,23)3;/h14-20,22-25,29-31,33-34H,4-13H2,1-3H3,(H,28,32)(H,35,36,37);/q;+1/p-1/t14-,15+,16+,17?,18?,19-,20+,22+,23?,24-,25-,26-,27-;/m1./s1. The molecule has 0 aromatic carbocycles. The van der Waals surface area contributed by atoms with Crippen molar-refractivity contribution in [3.8, 4) is 0 Å². The number of fused-ring (bicyclic) bond motifs is 5. The molecular formula is C27H46NNaO9S. The van der Waals surface area contributed by atoms with Crippen molar-refractivity contribution < 1.29 is 72.9 Å². The number of nitrogens with one attached hydrogen (secondary N) is 1. The molecule has 220 valence electrons. The van der Waals surface area contributed by atoms with E-state index in [9.17, 15) is 43.3 Å². The molecule has 1 amide bonds. The first kappa shape index (κ1) is 33.7.